The van der Waals surface area contributed by atoms with E-state index in [4.69, 9.17) is 0 Å². The quantitative estimate of drug-likeness (QED) is 0.320. The lowest BCUT2D eigenvalue weighted by atomic mass is 9.80. The highest BCUT2D eigenvalue weighted by molar-refractivity contribution is 14.1. The molecule has 1 unspecified atom stereocenters. The highest BCUT2D eigenvalue weighted by atomic mass is 127. The van der Waals surface area contributed by atoms with E-state index in [1.807, 2.05) is 0 Å². The van der Waals surface area contributed by atoms with E-state index < -0.39 is 0 Å². The molecule has 102 valence electrons. The van der Waals surface area contributed by atoms with E-state index in [1.54, 1.807) is 0 Å². The lowest BCUT2D eigenvalue weighted by Crippen LogP contribution is -2.51. The van der Waals surface area contributed by atoms with Crippen molar-refractivity contribution in [1.29, 1.82) is 0 Å². The Labute approximate surface area is 135 Å². The standard InChI is InChI=1S/C14H27I2N/c1-3-5-6-7-8-12(4-2)14(16)9-10-17-11-13(14)15/h12-13,17H,3-11H2,1-2H3/t12?,13-,14+/m0/s1. The van der Waals surface area contributed by atoms with Crippen LogP contribution in [-0.2, 0) is 0 Å². The molecule has 0 bridgehead atoms. The normalized spacial score (nSPS) is 31.4. The van der Waals surface area contributed by atoms with Crippen LogP contribution in [0.15, 0.2) is 0 Å². The van der Waals surface area contributed by atoms with E-state index in [1.165, 1.54) is 58.0 Å². The van der Waals surface area contributed by atoms with Gasteiger partial charge in [-0.3, -0.25) is 0 Å². The third-order valence-electron chi connectivity index (χ3n) is 4.11. The fraction of sp³-hybridized carbons (Fsp3) is 1.00. The SMILES string of the molecule is CCCCCCC(CC)[C@]1(I)CCNC[C@@H]1I. The van der Waals surface area contributed by atoms with Gasteiger partial charge in [-0.15, -0.1) is 0 Å². The molecule has 1 nitrogen and oxygen atoms in total. The van der Waals surface area contributed by atoms with Gasteiger partial charge in [0.2, 0.25) is 0 Å². The van der Waals surface area contributed by atoms with Gasteiger partial charge in [-0.2, -0.15) is 0 Å². The Hall–Kier alpha value is 1.42. The first-order valence-electron chi connectivity index (χ1n) is 7.18. The van der Waals surface area contributed by atoms with Crippen molar-refractivity contribution < 1.29 is 0 Å². The maximum Gasteiger partial charge on any atom is 0.0392 e. The summed E-state index contributed by atoms with van der Waals surface area (Å²) in [7, 11) is 0. The molecule has 0 aromatic heterocycles. The number of nitrogens with one attached hydrogen (secondary N) is 1. The molecular weight excluding hydrogens is 436 g/mol. The minimum Gasteiger partial charge on any atom is -0.316 e. The summed E-state index contributed by atoms with van der Waals surface area (Å²) in [6.07, 6.45) is 9.80. The summed E-state index contributed by atoms with van der Waals surface area (Å²) in [5.41, 5.74) is 0. The van der Waals surface area contributed by atoms with E-state index in [0.29, 0.717) is 3.42 Å². The second kappa shape index (κ2) is 8.56. The number of hydrogen-bond donors (Lipinski definition) is 1. The molecule has 3 atom stereocenters. The Kier molecular flexibility index (Phi) is 8.30. The van der Waals surface area contributed by atoms with Gasteiger partial charge in [0.25, 0.3) is 0 Å². The molecule has 17 heavy (non-hydrogen) atoms. The molecule has 1 fully saturated rings. The van der Waals surface area contributed by atoms with E-state index in [-0.39, 0.29) is 0 Å². The molecule has 1 N–H and O–H groups in total. The number of piperidine rings is 1. The van der Waals surface area contributed by atoms with Gasteiger partial charge < -0.3 is 5.32 Å². The highest BCUT2D eigenvalue weighted by Crippen LogP contribution is 2.44. The summed E-state index contributed by atoms with van der Waals surface area (Å²) in [6, 6.07) is 0. The minimum atomic E-state index is 0.546. The van der Waals surface area contributed by atoms with Crippen LogP contribution < -0.4 is 5.32 Å². The zero-order valence-electron chi connectivity index (χ0n) is 11.3. The Bertz CT molecular complexity index is 210. The van der Waals surface area contributed by atoms with Crippen molar-refractivity contribution in [2.75, 3.05) is 13.1 Å². The number of rotatable bonds is 7. The Morgan fingerprint density at radius 1 is 1.29 bits per heavy atom. The van der Waals surface area contributed by atoms with Crippen LogP contribution >= 0.6 is 45.2 Å². The fourth-order valence-electron chi connectivity index (χ4n) is 2.90. The summed E-state index contributed by atoms with van der Waals surface area (Å²) in [4.78, 5) is 0. The van der Waals surface area contributed by atoms with E-state index in [2.05, 4.69) is 64.3 Å². The van der Waals surface area contributed by atoms with E-state index >= 15 is 0 Å². The first-order chi connectivity index (χ1) is 8.15. The third kappa shape index (κ3) is 4.79. The number of hydrogen-bond acceptors (Lipinski definition) is 1. The minimum absolute atomic E-state index is 0.546. The van der Waals surface area contributed by atoms with Gasteiger partial charge in [0, 0.05) is 13.9 Å². The molecule has 1 heterocycles. The number of halogens is 2. The second-order valence-corrected chi connectivity index (χ2v) is 8.81. The van der Waals surface area contributed by atoms with Gasteiger partial charge >= 0.3 is 0 Å². The van der Waals surface area contributed by atoms with Crippen LogP contribution in [0.2, 0.25) is 0 Å². The third-order valence-corrected chi connectivity index (χ3v) is 9.02. The number of alkyl halides is 2. The molecule has 0 saturated carbocycles. The molecule has 0 aromatic rings. The summed E-state index contributed by atoms with van der Waals surface area (Å²) in [6.45, 7) is 7.10. The molecule has 1 rings (SSSR count). The molecule has 1 aliphatic heterocycles. The average Bonchev–Trinajstić information content (AvgIpc) is 2.33. The van der Waals surface area contributed by atoms with Gasteiger partial charge in [0.05, 0.1) is 0 Å². The molecule has 0 aliphatic carbocycles. The maximum absolute atomic E-state index is 3.53. The molecule has 0 aromatic carbocycles. The lowest BCUT2D eigenvalue weighted by Gasteiger charge is -2.43. The predicted molar refractivity (Wildman–Crippen MR) is 94.6 cm³/mol. The van der Waals surface area contributed by atoms with Crippen LogP contribution in [0.1, 0.15) is 58.8 Å². The predicted octanol–water partition coefficient (Wildman–Crippen LogP) is 4.95. The molecule has 0 radical (unpaired) electrons. The van der Waals surface area contributed by atoms with Gasteiger partial charge in [-0.05, 0) is 25.3 Å². The van der Waals surface area contributed by atoms with Gasteiger partial charge in [-0.25, -0.2) is 0 Å². The highest BCUT2D eigenvalue weighted by Gasteiger charge is 2.42. The molecule has 0 spiro atoms. The van der Waals surface area contributed by atoms with Crippen molar-refractivity contribution in [3.8, 4) is 0 Å². The lowest BCUT2D eigenvalue weighted by molar-refractivity contribution is 0.299. The molecular formula is C14H27I2N. The summed E-state index contributed by atoms with van der Waals surface area (Å²) >= 11 is 5.46. The van der Waals surface area contributed by atoms with Crippen LogP contribution in [0.3, 0.4) is 0 Å². The van der Waals surface area contributed by atoms with Crippen molar-refractivity contribution in [1.82, 2.24) is 5.32 Å². The van der Waals surface area contributed by atoms with Crippen LogP contribution in [0.5, 0.6) is 0 Å². The van der Waals surface area contributed by atoms with Gasteiger partial charge in [0.15, 0.2) is 0 Å². The Morgan fingerprint density at radius 3 is 2.65 bits per heavy atom. The molecule has 1 aliphatic rings. The first-order valence-corrected chi connectivity index (χ1v) is 9.51. The second-order valence-electron chi connectivity index (χ2n) is 5.30. The first kappa shape index (κ1) is 16.5. The van der Waals surface area contributed by atoms with Crippen molar-refractivity contribution in [2.24, 2.45) is 5.92 Å². The van der Waals surface area contributed by atoms with Crippen molar-refractivity contribution >= 4 is 45.2 Å². The number of unbranched alkanes of at least 4 members (excludes halogenated alkanes) is 3. The van der Waals surface area contributed by atoms with Crippen molar-refractivity contribution in [3.63, 3.8) is 0 Å². The van der Waals surface area contributed by atoms with Crippen LogP contribution in [-0.4, -0.2) is 20.4 Å². The molecule has 3 heteroatoms. The maximum atomic E-state index is 3.53. The fourth-order valence-corrected chi connectivity index (χ4v) is 5.27. The monoisotopic (exact) mass is 463 g/mol. The summed E-state index contributed by atoms with van der Waals surface area (Å²) in [5.74, 6) is 0.920. The molecule has 0 amide bonds. The smallest absolute Gasteiger partial charge is 0.0392 e. The Morgan fingerprint density at radius 2 is 2.06 bits per heavy atom. The van der Waals surface area contributed by atoms with Crippen molar-refractivity contribution in [3.05, 3.63) is 0 Å². The average molecular weight is 463 g/mol. The summed E-state index contributed by atoms with van der Waals surface area (Å²) in [5, 5.41) is 3.53. The van der Waals surface area contributed by atoms with Crippen molar-refractivity contribution in [2.45, 2.75) is 66.1 Å². The largest absolute Gasteiger partial charge is 0.316 e. The zero-order chi connectivity index (χ0) is 12.7. The van der Waals surface area contributed by atoms with Crippen LogP contribution in [0.4, 0.5) is 0 Å². The van der Waals surface area contributed by atoms with Crippen LogP contribution in [0.25, 0.3) is 0 Å². The zero-order valence-corrected chi connectivity index (χ0v) is 15.6. The summed E-state index contributed by atoms with van der Waals surface area (Å²) < 4.78 is 1.34. The van der Waals surface area contributed by atoms with Gasteiger partial charge in [-0.1, -0.05) is 91.1 Å². The van der Waals surface area contributed by atoms with Gasteiger partial charge in [0.1, 0.15) is 0 Å². The topological polar surface area (TPSA) is 12.0 Å². The molecule has 1 saturated heterocycles. The van der Waals surface area contributed by atoms with Crippen LogP contribution in [0, 0.1) is 5.92 Å². The van der Waals surface area contributed by atoms with E-state index in [9.17, 15) is 0 Å². The van der Waals surface area contributed by atoms with E-state index in [0.717, 1.165) is 9.84 Å². The Balaban J connectivity index is 2.46.